The molecule has 1 aromatic heterocycles. The van der Waals surface area contributed by atoms with Crippen LogP contribution in [0.1, 0.15) is 19.4 Å². The summed E-state index contributed by atoms with van der Waals surface area (Å²) in [5.41, 5.74) is 2.40. The van der Waals surface area contributed by atoms with Crippen LogP contribution in [0.3, 0.4) is 0 Å². The minimum atomic E-state index is -0.782. The Morgan fingerprint density at radius 2 is 1.88 bits per heavy atom. The molecule has 1 atom stereocenters. The zero-order valence-electron chi connectivity index (χ0n) is 14.9. The molecule has 0 unspecified atom stereocenters. The molecule has 0 N–H and O–H groups in total. The molecule has 0 saturated carbocycles. The molecule has 1 heterocycles. The molecule has 5 nitrogen and oxygen atoms in total. The second-order valence-corrected chi connectivity index (χ2v) is 5.99. The topological polar surface area (TPSA) is 65.7 Å². The van der Waals surface area contributed by atoms with Crippen molar-refractivity contribution in [1.29, 1.82) is 0 Å². The molecule has 0 saturated heterocycles. The Labute approximate surface area is 151 Å². The third-order valence-corrected chi connectivity index (χ3v) is 3.96. The van der Waals surface area contributed by atoms with Crippen molar-refractivity contribution in [1.82, 2.24) is 0 Å². The molecule has 3 aromatic rings. The first-order chi connectivity index (χ1) is 12.5. The van der Waals surface area contributed by atoms with Crippen molar-refractivity contribution >= 4 is 16.9 Å². The van der Waals surface area contributed by atoms with E-state index in [1.165, 1.54) is 6.07 Å². The lowest BCUT2D eigenvalue weighted by Gasteiger charge is -2.17. The predicted molar refractivity (Wildman–Crippen MR) is 99.4 cm³/mol. The summed E-state index contributed by atoms with van der Waals surface area (Å²) in [4.78, 5) is 24.0. The Bertz CT molecular complexity index is 988. The van der Waals surface area contributed by atoms with Crippen LogP contribution in [-0.2, 0) is 9.53 Å². The van der Waals surface area contributed by atoms with E-state index in [4.69, 9.17) is 13.9 Å². The van der Waals surface area contributed by atoms with Crippen LogP contribution in [0.15, 0.2) is 57.7 Å². The van der Waals surface area contributed by atoms with E-state index in [2.05, 4.69) is 0 Å². The van der Waals surface area contributed by atoms with Gasteiger partial charge in [-0.15, -0.1) is 0 Å². The Morgan fingerprint density at radius 3 is 2.58 bits per heavy atom. The predicted octanol–water partition coefficient (Wildman–Crippen LogP) is 4.10. The SMILES string of the molecule is CCOC(=O)[C@@H](C)Oc1cc(C)cc2oc(=O)cc(-c3ccccc3)c12. The van der Waals surface area contributed by atoms with Crippen LogP contribution in [0.25, 0.3) is 22.1 Å². The largest absolute Gasteiger partial charge is 0.478 e. The third-order valence-electron chi connectivity index (χ3n) is 3.96. The molecule has 0 fully saturated rings. The van der Waals surface area contributed by atoms with Gasteiger partial charge in [-0.2, -0.15) is 0 Å². The zero-order chi connectivity index (χ0) is 18.7. The zero-order valence-corrected chi connectivity index (χ0v) is 14.9. The van der Waals surface area contributed by atoms with Gasteiger partial charge in [-0.1, -0.05) is 30.3 Å². The maximum absolute atomic E-state index is 12.0. The number of ether oxygens (including phenoxy) is 2. The van der Waals surface area contributed by atoms with Crippen molar-refractivity contribution in [3.8, 4) is 16.9 Å². The van der Waals surface area contributed by atoms with Crippen LogP contribution in [0.5, 0.6) is 5.75 Å². The fourth-order valence-electron chi connectivity index (χ4n) is 2.83. The van der Waals surface area contributed by atoms with Gasteiger partial charge < -0.3 is 13.9 Å². The van der Waals surface area contributed by atoms with E-state index in [1.54, 1.807) is 19.9 Å². The highest BCUT2D eigenvalue weighted by molar-refractivity contribution is 5.98. The van der Waals surface area contributed by atoms with Crippen LogP contribution in [0.2, 0.25) is 0 Å². The minimum Gasteiger partial charge on any atom is -0.478 e. The summed E-state index contributed by atoms with van der Waals surface area (Å²) in [5, 5.41) is 0.651. The normalized spacial score (nSPS) is 12.0. The Hall–Kier alpha value is -3.08. The van der Waals surface area contributed by atoms with E-state index in [1.807, 2.05) is 43.3 Å². The summed E-state index contributed by atoms with van der Waals surface area (Å²) in [5.74, 6) is 0.0314. The standard InChI is InChI=1S/C21H20O5/c1-4-24-21(23)14(3)25-17-10-13(2)11-18-20(17)16(12-19(22)26-18)15-8-6-5-7-9-15/h5-12,14H,4H2,1-3H3/t14-/m1/s1. The second kappa shape index (κ2) is 7.44. The molecular formula is C21H20O5. The van der Waals surface area contributed by atoms with Gasteiger partial charge in [0.05, 0.1) is 12.0 Å². The van der Waals surface area contributed by atoms with Crippen molar-refractivity contribution in [3.63, 3.8) is 0 Å². The molecule has 0 amide bonds. The number of benzene rings is 2. The van der Waals surface area contributed by atoms with E-state index in [-0.39, 0.29) is 6.61 Å². The van der Waals surface area contributed by atoms with Gasteiger partial charge in [-0.3, -0.25) is 0 Å². The minimum absolute atomic E-state index is 0.283. The fourth-order valence-corrected chi connectivity index (χ4v) is 2.83. The Balaban J connectivity index is 2.19. The average molecular weight is 352 g/mol. The maximum atomic E-state index is 12.0. The van der Waals surface area contributed by atoms with E-state index < -0.39 is 17.7 Å². The quantitative estimate of drug-likeness (QED) is 0.511. The van der Waals surface area contributed by atoms with Crippen LogP contribution in [-0.4, -0.2) is 18.7 Å². The summed E-state index contributed by atoms with van der Waals surface area (Å²) < 4.78 is 16.3. The monoisotopic (exact) mass is 352 g/mol. The summed E-state index contributed by atoms with van der Waals surface area (Å²) in [7, 11) is 0. The Kier molecular flexibility index (Phi) is 5.07. The van der Waals surface area contributed by atoms with Crippen molar-refractivity contribution in [2.24, 2.45) is 0 Å². The van der Waals surface area contributed by atoms with E-state index >= 15 is 0 Å². The van der Waals surface area contributed by atoms with Gasteiger partial charge in [0.25, 0.3) is 0 Å². The lowest BCUT2D eigenvalue weighted by molar-refractivity contribution is -0.150. The highest BCUT2D eigenvalue weighted by Gasteiger charge is 2.20. The summed E-state index contributed by atoms with van der Waals surface area (Å²) in [6.07, 6.45) is -0.782. The molecule has 2 aromatic carbocycles. The molecule has 3 rings (SSSR count). The van der Waals surface area contributed by atoms with Gasteiger partial charge >= 0.3 is 11.6 Å². The van der Waals surface area contributed by atoms with Gasteiger partial charge in [-0.05, 0) is 44.0 Å². The number of hydrogen-bond donors (Lipinski definition) is 0. The molecule has 5 heteroatoms. The molecule has 0 spiro atoms. The van der Waals surface area contributed by atoms with Gasteiger partial charge in [0, 0.05) is 11.6 Å². The molecule has 0 aliphatic heterocycles. The van der Waals surface area contributed by atoms with Crippen molar-refractivity contribution in [2.75, 3.05) is 6.61 Å². The first-order valence-electron chi connectivity index (χ1n) is 8.46. The summed E-state index contributed by atoms with van der Waals surface area (Å²) >= 11 is 0. The summed E-state index contributed by atoms with van der Waals surface area (Å²) in [6, 6.07) is 14.6. The average Bonchev–Trinajstić information content (AvgIpc) is 2.61. The first-order valence-corrected chi connectivity index (χ1v) is 8.46. The summed E-state index contributed by atoms with van der Waals surface area (Å²) in [6.45, 7) is 5.53. The molecular weight excluding hydrogens is 332 g/mol. The van der Waals surface area contributed by atoms with Crippen molar-refractivity contribution in [2.45, 2.75) is 26.9 Å². The smallest absolute Gasteiger partial charge is 0.347 e. The van der Waals surface area contributed by atoms with E-state index in [0.717, 1.165) is 11.1 Å². The molecule has 134 valence electrons. The number of aryl methyl sites for hydroxylation is 1. The van der Waals surface area contributed by atoms with E-state index in [0.29, 0.717) is 22.3 Å². The highest BCUT2D eigenvalue weighted by Crippen LogP contribution is 2.35. The van der Waals surface area contributed by atoms with Crippen molar-refractivity contribution in [3.05, 3.63) is 64.5 Å². The number of hydrogen-bond acceptors (Lipinski definition) is 5. The lowest BCUT2D eigenvalue weighted by atomic mass is 10.0. The molecule has 0 radical (unpaired) electrons. The molecule has 26 heavy (non-hydrogen) atoms. The van der Waals surface area contributed by atoms with Crippen LogP contribution < -0.4 is 10.4 Å². The van der Waals surface area contributed by atoms with Gasteiger partial charge in [0.2, 0.25) is 0 Å². The number of fused-ring (bicyclic) bond motifs is 1. The second-order valence-electron chi connectivity index (χ2n) is 5.99. The van der Waals surface area contributed by atoms with Crippen LogP contribution >= 0.6 is 0 Å². The number of esters is 1. The van der Waals surface area contributed by atoms with Crippen LogP contribution in [0.4, 0.5) is 0 Å². The maximum Gasteiger partial charge on any atom is 0.347 e. The lowest BCUT2D eigenvalue weighted by Crippen LogP contribution is -2.26. The van der Waals surface area contributed by atoms with Crippen LogP contribution in [0, 0.1) is 6.92 Å². The fraction of sp³-hybridized carbons (Fsp3) is 0.238. The van der Waals surface area contributed by atoms with Gasteiger partial charge in [0.1, 0.15) is 11.3 Å². The number of carbonyl (C=O) groups is 1. The first kappa shape index (κ1) is 17.7. The third kappa shape index (κ3) is 3.61. The molecule has 0 bridgehead atoms. The Morgan fingerprint density at radius 1 is 1.15 bits per heavy atom. The van der Waals surface area contributed by atoms with Crippen molar-refractivity contribution < 1.29 is 18.7 Å². The van der Waals surface area contributed by atoms with Gasteiger partial charge in [-0.25, -0.2) is 9.59 Å². The number of rotatable bonds is 5. The van der Waals surface area contributed by atoms with Gasteiger partial charge in [0.15, 0.2) is 6.10 Å². The van der Waals surface area contributed by atoms with E-state index in [9.17, 15) is 9.59 Å². The molecule has 0 aliphatic carbocycles. The molecule has 0 aliphatic rings. The highest BCUT2D eigenvalue weighted by atomic mass is 16.6. The number of carbonyl (C=O) groups excluding carboxylic acids is 1.